The van der Waals surface area contributed by atoms with Gasteiger partial charge in [-0.15, -0.1) is 0 Å². The molecule has 5 aliphatic rings. The predicted octanol–water partition coefficient (Wildman–Crippen LogP) is 3.96. The summed E-state index contributed by atoms with van der Waals surface area (Å²) in [5.41, 5.74) is 2.09. The van der Waals surface area contributed by atoms with Crippen molar-refractivity contribution in [1.29, 1.82) is 0 Å². The number of rotatable bonds is 0. The van der Waals surface area contributed by atoms with Crippen molar-refractivity contribution in [3.63, 3.8) is 0 Å². The number of hydrogen-bond donors (Lipinski definition) is 0. The van der Waals surface area contributed by atoms with Crippen molar-refractivity contribution in [2.75, 3.05) is 6.61 Å². The third kappa shape index (κ3) is 1.38. The lowest BCUT2D eigenvalue weighted by atomic mass is 9.47. The van der Waals surface area contributed by atoms with E-state index < -0.39 is 0 Å². The number of cyclic esters (lactones) is 1. The van der Waals surface area contributed by atoms with Crippen LogP contribution in [0.25, 0.3) is 0 Å². The van der Waals surface area contributed by atoms with Crippen LogP contribution in [0.3, 0.4) is 0 Å². The van der Waals surface area contributed by atoms with Crippen LogP contribution in [-0.4, -0.2) is 12.6 Å². The van der Waals surface area contributed by atoms with E-state index in [9.17, 15) is 4.79 Å². The smallest absolute Gasteiger partial charge is 0.312 e. The molecule has 1 saturated heterocycles. The zero-order valence-corrected chi connectivity index (χ0v) is 13.2. The maximum absolute atomic E-state index is 12.3. The van der Waals surface area contributed by atoms with Gasteiger partial charge in [0.05, 0.1) is 12.0 Å². The van der Waals surface area contributed by atoms with Gasteiger partial charge in [-0.1, -0.05) is 18.6 Å². The summed E-state index contributed by atoms with van der Waals surface area (Å²) in [5.74, 6) is 3.87. The lowest BCUT2D eigenvalue weighted by Gasteiger charge is -2.55. The SMILES string of the molecule is C[C@]12CCCC=C1[C@H]1C[C@H]1[C@@H]1[C@@H]2CC[C@]2(C)C(=O)OC[C@@H]12. The molecule has 5 rings (SSSR count). The molecule has 0 unspecified atom stereocenters. The van der Waals surface area contributed by atoms with Gasteiger partial charge in [0.25, 0.3) is 0 Å². The van der Waals surface area contributed by atoms with E-state index >= 15 is 0 Å². The summed E-state index contributed by atoms with van der Waals surface area (Å²) in [6.07, 6.45) is 10.3. The zero-order valence-electron chi connectivity index (χ0n) is 13.2. The van der Waals surface area contributed by atoms with E-state index in [0.717, 1.165) is 30.1 Å². The molecule has 0 aromatic carbocycles. The van der Waals surface area contributed by atoms with Gasteiger partial charge >= 0.3 is 5.97 Å². The fraction of sp³-hybridized carbons (Fsp3) is 0.842. The summed E-state index contributed by atoms with van der Waals surface area (Å²) in [6, 6.07) is 0. The minimum Gasteiger partial charge on any atom is -0.465 e. The molecule has 0 amide bonds. The lowest BCUT2D eigenvalue weighted by Crippen LogP contribution is -2.51. The highest BCUT2D eigenvalue weighted by molar-refractivity contribution is 5.79. The molecule has 0 aromatic heterocycles. The Morgan fingerprint density at radius 2 is 2.05 bits per heavy atom. The summed E-state index contributed by atoms with van der Waals surface area (Å²) in [5, 5.41) is 0. The molecular formula is C19H26O2. The average Bonchev–Trinajstić information content (AvgIpc) is 3.19. The van der Waals surface area contributed by atoms with Gasteiger partial charge in [0.15, 0.2) is 0 Å². The van der Waals surface area contributed by atoms with Crippen LogP contribution < -0.4 is 0 Å². The van der Waals surface area contributed by atoms with Crippen molar-refractivity contribution in [2.24, 2.45) is 40.4 Å². The van der Waals surface area contributed by atoms with Crippen molar-refractivity contribution in [3.8, 4) is 0 Å². The highest BCUT2D eigenvalue weighted by atomic mass is 16.5. The van der Waals surface area contributed by atoms with Crippen molar-refractivity contribution < 1.29 is 9.53 Å². The Hall–Kier alpha value is -0.790. The number of carbonyl (C=O) groups excluding carboxylic acids is 1. The second-order valence-electron chi connectivity index (χ2n) is 8.82. The minimum atomic E-state index is -0.166. The van der Waals surface area contributed by atoms with Crippen LogP contribution in [0, 0.1) is 40.4 Å². The fourth-order valence-electron chi connectivity index (χ4n) is 6.83. The molecule has 7 atom stereocenters. The van der Waals surface area contributed by atoms with E-state index in [2.05, 4.69) is 19.9 Å². The first-order valence-electron chi connectivity index (χ1n) is 8.93. The summed E-state index contributed by atoms with van der Waals surface area (Å²) < 4.78 is 5.53. The number of fused-ring (bicyclic) bond motifs is 8. The topological polar surface area (TPSA) is 26.3 Å². The van der Waals surface area contributed by atoms with Crippen molar-refractivity contribution >= 4 is 5.97 Å². The van der Waals surface area contributed by atoms with Gasteiger partial charge in [0.1, 0.15) is 0 Å². The van der Waals surface area contributed by atoms with Crippen molar-refractivity contribution in [3.05, 3.63) is 11.6 Å². The zero-order chi connectivity index (χ0) is 14.4. The Kier molecular flexibility index (Phi) is 2.27. The molecule has 21 heavy (non-hydrogen) atoms. The normalized spacial score (nSPS) is 57.3. The standard InChI is InChI=1S/C19H26O2/c1-18-7-4-3-5-13(18)11-9-12(11)16-14(18)6-8-19(2)15(16)10-21-17(19)20/h5,11-12,14-16H,3-4,6-10H2,1-2H3/t11-,12+,14-,15-,16+,18-,19-/m0/s1. The molecule has 4 fully saturated rings. The molecular weight excluding hydrogens is 260 g/mol. The van der Waals surface area contributed by atoms with Gasteiger partial charge in [-0.2, -0.15) is 0 Å². The molecule has 0 bridgehead atoms. The summed E-state index contributed by atoms with van der Waals surface area (Å²) in [6.45, 7) is 5.44. The molecule has 2 nitrogen and oxygen atoms in total. The van der Waals surface area contributed by atoms with E-state index in [-0.39, 0.29) is 11.4 Å². The van der Waals surface area contributed by atoms with Gasteiger partial charge < -0.3 is 4.74 Å². The van der Waals surface area contributed by atoms with Crippen LogP contribution >= 0.6 is 0 Å². The largest absolute Gasteiger partial charge is 0.465 e. The number of allylic oxidation sites excluding steroid dienone is 2. The van der Waals surface area contributed by atoms with Crippen LogP contribution in [0.2, 0.25) is 0 Å². The first-order chi connectivity index (χ1) is 10.1. The lowest BCUT2D eigenvalue weighted by molar-refractivity contribution is -0.148. The third-order valence-corrected chi connectivity index (χ3v) is 8.06. The van der Waals surface area contributed by atoms with E-state index in [1.54, 1.807) is 0 Å². The van der Waals surface area contributed by atoms with Crippen LogP contribution in [0.15, 0.2) is 11.6 Å². The first kappa shape index (κ1) is 12.7. The maximum Gasteiger partial charge on any atom is 0.312 e. The van der Waals surface area contributed by atoms with Crippen molar-refractivity contribution in [1.82, 2.24) is 0 Å². The summed E-state index contributed by atoms with van der Waals surface area (Å²) in [4.78, 5) is 12.3. The second kappa shape index (κ2) is 3.75. The van der Waals surface area contributed by atoms with Crippen molar-refractivity contribution in [2.45, 2.75) is 52.4 Å². The molecule has 1 heterocycles. The van der Waals surface area contributed by atoms with Gasteiger partial charge in [-0.25, -0.2) is 0 Å². The molecule has 2 heteroatoms. The number of carbonyl (C=O) groups is 1. The van der Waals surface area contributed by atoms with Crippen LogP contribution in [-0.2, 0) is 9.53 Å². The second-order valence-corrected chi connectivity index (χ2v) is 8.82. The van der Waals surface area contributed by atoms with E-state index in [0.29, 0.717) is 17.9 Å². The Bertz CT molecular complexity index is 550. The number of hydrogen-bond acceptors (Lipinski definition) is 2. The Balaban J connectivity index is 1.59. The van der Waals surface area contributed by atoms with E-state index in [1.807, 2.05) is 5.57 Å². The molecule has 4 aliphatic carbocycles. The molecule has 3 saturated carbocycles. The summed E-state index contributed by atoms with van der Waals surface area (Å²) >= 11 is 0. The van der Waals surface area contributed by atoms with E-state index in [4.69, 9.17) is 4.74 Å². The van der Waals surface area contributed by atoms with Gasteiger partial charge in [0.2, 0.25) is 0 Å². The Labute approximate surface area is 127 Å². The molecule has 0 spiro atoms. The molecule has 0 aromatic rings. The Morgan fingerprint density at radius 3 is 2.90 bits per heavy atom. The average molecular weight is 286 g/mol. The molecule has 0 radical (unpaired) electrons. The predicted molar refractivity (Wildman–Crippen MR) is 80.4 cm³/mol. The number of ether oxygens (including phenoxy) is 1. The molecule has 0 N–H and O–H groups in total. The fourth-order valence-corrected chi connectivity index (χ4v) is 6.83. The highest BCUT2D eigenvalue weighted by Crippen LogP contribution is 2.72. The quantitative estimate of drug-likeness (QED) is 0.498. The van der Waals surface area contributed by atoms with Crippen LogP contribution in [0.1, 0.15) is 52.4 Å². The van der Waals surface area contributed by atoms with Gasteiger partial charge in [-0.3, -0.25) is 4.79 Å². The molecule has 114 valence electrons. The monoisotopic (exact) mass is 286 g/mol. The van der Waals surface area contributed by atoms with Crippen LogP contribution in [0.4, 0.5) is 0 Å². The number of esters is 1. The molecule has 1 aliphatic heterocycles. The van der Waals surface area contributed by atoms with Gasteiger partial charge in [-0.05, 0) is 74.5 Å². The first-order valence-corrected chi connectivity index (χ1v) is 8.93. The van der Waals surface area contributed by atoms with Gasteiger partial charge in [0, 0.05) is 5.92 Å². The Morgan fingerprint density at radius 1 is 1.19 bits per heavy atom. The summed E-state index contributed by atoms with van der Waals surface area (Å²) in [7, 11) is 0. The van der Waals surface area contributed by atoms with Crippen LogP contribution in [0.5, 0.6) is 0 Å². The minimum absolute atomic E-state index is 0.0956. The van der Waals surface area contributed by atoms with E-state index in [1.165, 1.54) is 32.1 Å². The highest BCUT2D eigenvalue weighted by Gasteiger charge is 2.68. The third-order valence-electron chi connectivity index (χ3n) is 8.06. The maximum atomic E-state index is 12.3.